The molecule has 1 aromatic rings. The fourth-order valence-electron chi connectivity index (χ4n) is 2.92. The van der Waals surface area contributed by atoms with E-state index in [-0.39, 0.29) is 17.8 Å². The molecule has 1 saturated heterocycles. The van der Waals surface area contributed by atoms with Crippen molar-refractivity contribution in [3.05, 3.63) is 29.8 Å². The first-order chi connectivity index (χ1) is 9.74. The number of nitrogens with zero attached hydrogens (tertiary/aromatic N) is 1. The van der Waals surface area contributed by atoms with Crippen molar-refractivity contribution in [2.24, 2.45) is 11.7 Å². The monoisotopic (exact) mass is 302 g/mol. The van der Waals surface area contributed by atoms with Crippen molar-refractivity contribution in [1.82, 2.24) is 4.90 Å². The molecule has 0 spiro atoms. The molecule has 0 amide bonds. The first kappa shape index (κ1) is 16.1. The number of hydrogen-bond donors (Lipinski definition) is 1. The first-order valence-electron chi connectivity index (χ1n) is 7.10. The minimum atomic E-state index is -4.65. The zero-order chi connectivity index (χ0) is 15.6. The van der Waals surface area contributed by atoms with Crippen LogP contribution >= 0.6 is 0 Å². The van der Waals surface area contributed by atoms with E-state index in [0.717, 1.165) is 25.1 Å². The molecule has 1 heterocycles. The summed E-state index contributed by atoms with van der Waals surface area (Å²) in [4.78, 5) is 2.28. The normalized spacial score (nSPS) is 25.6. The predicted molar refractivity (Wildman–Crippen MR) is 74.9 cm³/mol. The number of benzene rings is 1. The third kappa shape index (κ3) is 4.61. The van der Waals surface area contributed by atoms with Gasteiger partial charge in [0.05, 0.1) is 0 Å². The van der Waals surface area contributed by atoms with Gasteiger partial charge in [0, 0.05) is 25.2 Å². The summed E-state index contributed by atoms with van der Waals surface area (Å²) in [5.74, 6) is 0.339. The third-order valence-corrected chi connectivity index (χ3v) is 3.86. The Labute approximate surface area is 122 Å². The number of alkyl halides is 3. The van der Waals surface area contributed by atoms with Crippen LogP contribution in [0, 0.1) is 5.92 Å². The van der Waals surface area contributed by atoms with Crippen molar-refractivity contribution in [3.63, 3.8) is 0 Å². The van der Waals surface area contributed by atoms with Crippen LogP contribution in [0.5, 0.6) is 5.75 Å². The molecule has 0 bridgehead atoms. The molecule has 1 aromatic carbocycles. The van der Waals surface area contributed by atoms with Gasteiger partial charge < -0.3 is 10.5 Å². The lowest BCUT2D eigenvalue weighted by atomic mass is 9.94. The highest BCUT2D eigenvalue weighted by molar-refractivity contribution is 5.29. The number of ether oxygens (including phenoxy) is 1. The number of rotatable bonds is 3. The van der Waals surface area contributed by atoms with E-state index in [2.05, 4.69) is 16.6 Å². The summed E-state index contributed by atoms with van der Waals surface area (Å²) in [5.41, 5.74) is 7.00. The summed E-state index contributed by atoms with van der Waals surface area (Å²) in [6.07, 6.45) is -3.64. The number of piperidine rings is 1. The molecular weight excluding hydrogens is 281 g/mol. The molecule has 0 aromatic heterocycles. The standard InChI is InChI=1S/C15H21F3N2O/c1-10-7-13(19)9-20(8-10)11(2)12-3-5-14(6-4-12)21-15(16,17)18/h3-6,10-11,13H,7-9,19H2,1-2H3. The molecule has 6 heteroatoms. The van der Waals surface area contributed by atoms with Crippen LogP contribution in [0.1, 0.15) is 31.9 Å². The van der Waals surface area contributed by atoms with E-state index in [1.54, 1.807) is 12.1 Å². The van der Waals surface area contributed by atoms with E-state index in [1.165, 1.54) is 12.1 Å². The predicted octanol–water partition coefficient (Wildman–Crippen LogP) is 3.32. The Hall–Kier alpha value is -1.27. The van der Waals surface area contributed by atoms with Crippen molar-refractivity contribution < 1.29 is 17.9 Å². The molecule has 1 fully saturated rings. The summed E-state index contributed by atoms with van der Waals surface area (Å²) in [5, 5.41) is 0. The van der Waals surface area contributed by atoms with Gasteiger partial charge in [-0.2, -0.15) is 0 Å². The second kappa shape index (κ2) is 6.23. The fourth-order valence-corrected chi connectivity index (χ4v) is 2.92. The number of halogens is 3. The summed E-state index contributed by atoms with van der Waals surface area (Å²) in [6, 6.07) is 6.34. The Morgan fingerprint density at radius 3 is 2.38 bits per heavy atom. The Bertz CT molecular complexity index is 451. The van der Waals surface area contributed by atoms with Crippen LogP contribution in [-0.2, 0) is 0 Å². The second-order valence-corrected chi connectivity index (χ2v) is 5.85. The van der Waals surface area contributed by atoms with Crippen LogP contribution in [0.3, 0.4) is 0 Å². The summed E-state index contributed by atoms with van der Waals surface area (Å²) in [7, 11) is 0. The lowest BCUT2D eigenvalue weighted by molar-refractivity contribution is -0.274. The summed E-state index contributed by atoms with van der Waals surface area (Å²) < 4.78 is 40.3. The molecule has 3 nitrogen and oxygen atoms in total. The first-order valence-corrected chi connectivity index (χ1v) is 7.10. The molecule has 2 rings (SSSR count). The van der Waals surface area contributed by atoms with Gasteiger partial charge >= 0.3 is 6.36 Å². The van der Waals surface area contributed by atoms with Gasteiger partial charge in [0.25, 0.3) is 0 Å². The van der Waals surface area contributed by atoms with E-state index in [0.29, 0.717) is 5.92 Å². The van der Waals surface area contributed by atoms with Crippen LogP contribution in [0.4, 0.5) is 13.2 Å². The van der Waals surface area contributed by atoms with Gasteiger partial charge in [-0.3, -0.25) is 4.90 Å². The van der Waals surface area contributed by atoms with E-state index in [9.17, 15) is 13.2 Å². The van der Waals surface area contributed by atoms with Crippen LogP contribution < -0.4 is 10.5 Å². The average Bonchev–Trinajstić information content (AvgIpc) is 2.35. The number of likely N-dealkylation sites (tertiary alicyclic amines) is 1. The average molecular weight is 302 g/mol. The maximum Gasteiger partial charge on any atom is 0.573 e. The Morgan fingerprint density at radius 1 is 1.24 bits per heavy atom. The van der Waals surface area contributed by atoms with E-state index in [4.69, 9.17) is 5.73 Å². The van der Waals surface area contributed by atoms with Gasteiger partial charge in [-0.25, -0.2) is 0 Å². The second-order valence-electron chi connectivity index (χ2n) is 5.85. The van der Waals surface area contributed by atoms with Gasteiger partial charge in [0.1, 0.15) is 5.75 Å². The zero-order valence-corrected chi connectivity index (χ0v) is 12.2. The van der Waals surface area contributed by atoms with Gasteiger partial charge in [0.2, 0.25) is 0 Å². The minimum absolute atomic E-state index is 0.124. The Balaban J connectivity index is 2.04. The smallest absolute Gasteiger partial charge is 0.406 e. The molecule has 3 atom stereocenters. The van der Waals surface area contributed by atoms with Crippen molar-refractivity contribution in [1.29, 1.82) is 0 Å². The summed E-state index contributed by atoms with van der Waals surface area (Å²) >= 11 is 0. The van der Waals surface area contributed by atoms with E-state index >= 15 is 0 Å². The van der Waals surface area contributed by atoms with Gasteiger partial charge in [-0.15, -0.1) is 13.2 Å². The molecule has 21 heavy (non-hydrogen) atoms. The van der Waals surface area contributed by atoms with Crippen LogP contribution in [0.2, 0.25) is 0 Å². The quantitative estimate of drug-likeness (QED) is 0.931. The Morgan fingerprint density at radius 2 is 1.86 bits per heavy atom. The van der Waals surface area contributed by atoms with Gasteiger partial charge in [-0.05, 0) is 37.0 Å². The molecule has 118 valence electrons. The van der Waals surface area contributed by atoms with Crippen molar-refractivity contribution in [3.8, 4) is 5.75 Å². The highest BCUT2D eigenvalue weighted by Gasteiger charge is 2.31. The maximum absolute atomic E-state index is 12.1. The lowest BCUT2D eigenvalue weighted by Crippen LogP contribution is -2.47. The van der Waals surface area contributed by atoms with Crippen molar-refractivity contribution in [2.45, 2.75) is 38.7 Å². The maximum atomic E-state index is 12.1. The van der Waals surface area contributed by atoms with Crippen LogP contribution in [0.25, 0.3) is 0 Å². The SMILES string of the molecule is CC1CC(N)CN(C(C)c2ccc(OC(F)(F)F)cc2)C1. The molecule has 2 N–H and O–H groups in total. The highest BCUT2D eigenvalue weighted by Crippen LogP contribution is 2.28. The zero-order valence-electron chi connectivity index (χ0n) is 12.2. The number of nitrogens with two attached hydrogens (primary N) is 1. The fraction of sp³-hybridized carbons (Fsp3) is 0.600. The molecule has 1 aliphatic rings. The Kier molecular flexibility index (Phi) is 4.78. The molecule has 1 aliphatic heterocycles. The molecule has 0 radical (unpaired) electrons. The molecule has 0 saturated carbocycles. The topological polar surface area (TPSA) is 38.5 Å². The molecule has 3 unspecified atom stereocenters. The third-order valence-electron chi connectivity index (χ3n) is 3.86. The highest BCUT2D eigenvalue weighted by atomic mass is 19.4. The van der Waals surface area contributed by atoms with Gasteiger partial charge in [-0.1, -0.05) is 19.1 Å². The van der Waals surface area contributed by atoms with Gasteiger partial charge in [0.15, 0.2) is 0 Å². The lowest BCUT2D eigenvalue weighted by Gasteiger charge is -2.38. The van der Waals surface area contributed by atoms with Crippen LogP contribution in [-0.4, -0.2) is 30.4 Å². The molecule has 0 aliphatic carbocycles. The van der Waals surface area contributed by atoms with E-state index < -0.39 is 6.36 Å². The van der Waals surface area contributed by atoms with Crippen LogP contribution in [0.15, 0.2) is 24.3 Å². The number of hydrogen-bond acceptors (Lipinski definition) is 3. The van der Waals surface area contributed by atoms with Crippen molar-refractivity contribution in [2.75, 3.05) is 13.1 Å². The van der Waals surface area contributed by atoms with E-state index in [1.807, 2.05) is 6.92 Å². The van der Waals surface area contributed by atoms with Crippen molar-refractivity contribution >= 4 is 0 Å². The molecular formula is C15H21F3N2O. The largest absolute Gasteiger partial charge is 0.573 e. The minimum Gasteiger partial charge on any atom is -0.406 e. The summed E-state index contributed by atoms with van der Waals surface area (Å²) in [6.45, 7) is 5.98.